The Bertz CT molecular complexity index is 683. The van der Waals surface area contributed by atoms with Gasteiger partial charge in [-0.25, -0.2) is 4.68 Å². The molecule has 2 heterocycles. The van der Waals surface area contributed by atoms with Crippen LogP contribution in [-0.4, -0.2) is 60.0 Å². The number of hydrogen-bond acceptors (Lipinski definition) is 5. The first-order valence-corrected chi connectivity index (χ1v) is 8.58. The van der Waals surface area contributed by atoms with Crippen LogP contribution >= 0.6 is 11.6 Å². The van der Waals surface area contributed by atoms with Crippen molar-refractivity contribution in [3.05, 3.63) is 47.2 Å². The molecule has 8 heteroatoms. The summed E-state index contributed by atoms with van der Waals surface area (Å²) in [6.07, 6.45) is 1.72. The Balaban J connectivity index is 1.42. The summed E-state index contributed by atoms with van der Waals surface area (Å²) in [7, 11) is 0. The molecular weight excluding hydrogens is 344 g/mol. The third-order valence-corrected chi connectivity index (χ3v) is 4.12. The average molecular weight is 365 g/mol. The van der Waals surface area contributed by atoms with Gasteiger partial charge in [0.1, 0.15) is 11.4 Å². The molecule has 0 unspecified atom stereocenters. The number of hydrogen-bond donors (Lipinski definition) is 1. The molecule has 0 aliphatic carbocycles. The molecule has 134 valence electrons. The molecule has 25 heavy (non-hydrogen) atoms. The van der Waals surface area contributed by atoms with Crippen molar-refractivity contribution in [3.63, 3.8) is 0 Å². The Labute approximate surface area is 151 Å². The lowest BCUT2D eigenvalue weighted by Gasteiger charge is -2.26. The van der Waals surface area contributed by atoms with Crippen molar-refractivity contribution >= 4 is 17.5 Å². The lowest BCUT2D eigenvalue weighted by Crippen LogP contribution is -2.41. The summed E-state index contributed by atoms with van der Waals surface area (Å²) in [5.74, 6) is 0.509. The second-order valence-electron chi connectivity index (χ2n) is 5.68. The van der Waals surface area contributed by atoms with Crippen molar-refractivity contribution in [2.24, 2.45) is 0 Å². The highest BCUT2D eigenvalue weighted by molar-refractivity contribution is 6.30. The fourth-order valence-electron chi connectivity index (χ4n) is 2.47. The Morgan fingerprint density at radius 2 is 2.00 bits per heavy atom. The number of aromatic nitrogens is 2. The van der Waals surface area contributed by atoms with Gasteiger partial charge < -0.3 is 14.8 Å². The number of carbonyl (C=O) groups excluding carboxylic acids is 1. The molecule has 1 aliphatic heterocycles. The number of rotatable bonds is 7. The molecule has 0 spiro atoms. The zero-order valence-corrected chi connectivity index (χ0v) is 14.6. The van der Waals surface area contributed by atoms with E-state index in [-0.39, 0.29) is 12.6 Å². The first kappa shape index (κ1) is 17.7. The molecule has 1 aliphatic rings. The molecular formula is C17H21ClN4O3. The minimum Gasteiger partial charge on any atom is -0.471 e. The fraction of sp³-hybridized carbons (Fsp3) is 0.412. The topological polar surface area (TPSA) is 68.6 Å². The molecule has 3 rings (SSSR count). The number of morpholine rings is 1. The van der Waals surface area contributed by atoms with Crippen LogP contribution in [0.4, 0.5) is 0 Å². The van der Waals surface area contributed by atoms with E-state index in [2.05, 4.69) is 15.3 Å². The van der Waals surface area contributed by atoms with Gasteiger partial charge in [0.15, 0.2) is 6.73 Å². The summed E-state index contributed by atoms with van der Waals surface area (Å²) < 4.78 is 12.5. The van der Waals surface area contributed by atoms with Gasteiger partial charge in [-0.05, 0) is 30.3 Å². The van der Waals surface area contributed by atoms with Crippen LogP contribution < -0.4 is 10.1 Å². The smallest absolute Gasteiger partial charge is 0.271 e. The van der Waals surface area contributed by atoms with Gasteiger partial charge >= 0.3 is 0 Å². The summed E-state index contributed by atoms with van der Waals surface area (Å²) in [6, 6.07) is 8.76. The van der Waals surface area contributed by atoms with E-state index in [0.717, 1.165) is 32.8 Å². The van der Waals surface area contributed by atoms with Crippen LogP contribution in [0.25, 0.3) is 0 Å². The minimum atomic E-state index is -0.182. The van der Waals surface area contributed by atoms with E-state index in [1.54, 1.807) is 41.2 Å². The first-order chi connectivity index (χ1) is 12.2. The number of nitrogens with zero attached hydrogens (tertiary/aromatic N) is 3. The number of halogens is 1. The van der Waals surface area contributed by atoms with Gasteiger partial charge in [0.05, 0.1) is 13.2 Å². The summed E-state index contributed by atoms with van der Waals surface area (Å²) in [5.41, 5.74) is 0.377. The molecule has 7 nitrogen and oxygen atoms in total. The lowest BCUT2D eigenvalue weighted by molar-refractivity contribution is 0.0383. The summed E-state index contributed by atoms with van der Waals surface area (Å²) in [4.78, 5) is 14.4. The van der Waals surface area contributed by atoms with Crippen molar-refractivity contribution in [2.75, 3.05) is 39.4 Å². The quantitative estimate of drug-likeness (QED) is 0.808. The van der Waals surface area contributed by atoms with Crippen molar-refractivity contribution in [1.82, 2.24) is 20.0 Å². The maximum atomic E-state index is 12.1. The largest absolute Gasteiger partial charge is 0.471 e. The molecule has 1 amide bonds. The van der Waals surface area contributed by atoms with Crippen molar-refractivity contribution in [3.8, 4) is 5.75 Å². The van der Waals surface area contributed by atoms with Crippen LogP contribution in [0.5, 0.6) is 5.75 Å². The second kappa shape index (κ2) is 8.84. The maximum Gasteiger partial charge on any atom is 0.271 e. The lowest BCUT2D eigenvalue weighted by atomic mass is 10.3. The molecule has 0 atom stereocenters. The predicted octanol–water partition coefficient (Wildman–Crippen LogP) is 1.63. The van der Waals surface area contributed by atoms with Crippen LogP contribution in [-0.2, 0) is 11.5 Å². The van der Waals surface area contributed by atoms with Crippen LogP contribution in [0.2, 0.25) is 5.02 Å². The van der Waals surface area contributed by atoms with E-state index in [9.17, 15) is 4.79 Å². The van der Waals surface area contributed by atoms with Gasteiger partial charge in [0, 0.05) is 37.4 Å². The van der Waals surface area contributed by atoms with Gasteiger partial charge in [0.25, 0.3) is 5.91 Å². The zero-order chi connectivity index (χ0) is 17.5. The van der Waals surface area contributed by atoms with Gasteiger partial charge in [0.2, 0.25) is 0 Å². The van der Waals surface area contributed by atoms with Crippen molar-refractivity contribution in [1.29, 1.82) is 0 Å². The fourth-order valence-corrected chi connectivity index (χ4v) is 2.60. The first-order valence-electron chi connectivity index (χ1n) is 8.21. The third-order valence-electron chi connectivity index (χ3n) is 3.87. The second-order valence-corrected chi connectivity index (χ2v) is 6.11. The predicted molar refractivity (Wildman–Crippen MR) is 93.9 cm³/mol. The van der Waals surface area contributed by atoms with E-state index in [4.69, 9.17) is 21.1 Å². The molecule has 1 N–H and O–H groups in total. The van der Waals surface area contributed by atoms with E-state index in [1.165, 1.54) is 0 Å². The summed E-state index contributed by atoms with van der Waals surface area (Å²) in [5, 5.41) is 7.77. The highest BCUT2D eigenvalue weighted by Crippen LogP contribution is 2.15. The van der Waals surface area contributed by atoms with Crippen LogP contribution in [0.15, 0.2) is 36.5 Å². The molecule has 1 saturated heterocycles. The number of nitrogens with one attached hydrogen (secondary N) is 1. The molecule has 0 radical (unpaired) electrons. The highest BCUT2D eigenvalue weighted by Gasteiger charge is 2.12. The highest BCUT2D eigenvalue weighted by atomic mass is 35.5. The van der Waals surface area contributed by atoms with E-state index in [0.29, 0.717) is 23.0 Å². The molecule has 0 bridgehead atoms. The normalized spacial score (nSPS) is 15.1. The van der Waals surface area contributed by atoms with E-state index < -0.39 is 0 Å². The molecule has 1 aromatic carbocycles. The third kappa shape index (κ3) is 5.45. The molecule has 2 aromatic rings. The number of benzene rings is 1. The minimum absolute atomic E-state index is 0.182. The van der Waals surface area contributed by atoms with E-state index in [1.807, 2.05) is 0 Å². The van der Waals surface area contributed by atoms with Crippen molar-refractivity contribution < 1.29 is 14.3 Å². The van der Waals surface area contributed by atoms with Crippen molar-refractivity contribution in [2.45, 2.75) is 6.73 Å². The van der Waals surface area contributed by atoms with Gasteiger partial charge in [-0.15, -0.1) is 0 Å². The SMILES string of the molecule is O=C(NCCN1CCOCC1)c1ccn(COc2ccc(Cl)cc2)n1. The molecule has 1 aromatic heterocycles. The van der Waals surface area contributed by atoms with E-state index >= 15 is 0 Å². The monoisotopic (exact) mass is 364 g/mol. The molecule has 0 saturated carbocycles. The molecule has 1 fully saturated rings. The summed E-state index contributed by atoms with van der Waals surface area (Å²) >= 11 is 5.83. The number of amides is 1. The van der Waals surface area contributed by atoms with Gasteiger partial charge in [-0.2, -0.15) is 5.10 Å². The maximum absolute atomic E-state index is 12.1. The number of ether oxygens (including phenoxy) is 2. The van der Waals surface area contributed by atoms with Gasteiger partial charge in [-0.1, -0.05) is 11.6 Å². The zero-order valence-electron chi connectivity index (χ0n) is 13.9. The number of carbonyl (C=O) groups is 1. The Hall–Kier alpha value is -2.09. The standard InChI is InChI=1S/C17H21ClN4O3/c18-14-1-3-15(4-2-14)25-13-22-7-5-16(20-22)17(23)19-6-8-21-9-11-24-12-10-21/h1-5,7H,6,8-13H2,(H,19,23). The van der Waals surface area contributed by atoms with Gasteiger partial charge in [-0.3, -0.25) is 9.69 Å². The Kier molecular flexibility index (Phi) is 6.27. The van der Waals surface area contributed by atoms with Crippen LogP contribution in [0, 0.1) is 0 Å². The Morgan fingerprint density at radius 1 is 1.24 bits per heavy atom. The Morgan fingerprint density at radius 3 is 2.76 bits per heavy atom. The average Bonchev–Trinajstić information content (AvgIpc) is 3.11. The van der Waals surface area contributed by atoms with Crippen LogP contribution in [0.1, 0.15) is 10.5 Å². The summed E-state index contributed by atoms with van der Waals surface area (Å²) in [6.45, 7) is 4.96. The van der Waals surface area contributed by atoms with Crippen LogP contribution in [0.3, 0.4) is 0 Å².